The Morgan fingerprint density at radius 1 is 1.35 bits per heavy atom. The molecule has 0 spiro atoms. The molecule has 1 fully saturated rings. The van der Waals surface area contributed by atoms with E-state index in [4.69, 9.17) is 4.42 Å². The quantitative estimate of drug-likeness (QED) is 0.797. The number of furan rings is 1. The molecule has 2 amide bonds. The van der Waals surface area contributed by atoms with E-state index in [1.54, 1.807) is 6.26 Å². The Balaban J connectivity index is 1.54. The number of rotatable bonds is 7. The Kier molecular flexibility index (Phi) is 6.74. The molecule has 26 heavy (non-hydrogen) atoms. The minimum Gasteiger partial charge on any atom is -0.467 e. The monoisotopic (exact) mass is 375 g/mol. The number of hydrogen-bond donors (Lipinski definition) is 1. The van der Waals surface area contributed by atoms with Crippen molar-refractivity contribution in [1.29, 1.82) is 0 Å². The standard InChI is InChI=1S/C20H29N3O2S/c1-16(2)21-20(24)23(15-18-5-3-13-25-18)17-7-10-22(11-8-17)12-9-19-6-4-14-26-19/h3-6,13-14,16-17H,7-12,15H2,1-2H3,(H,21,24). The molecule has 6 heteroatoms. The number of carbonyl (C=O) groups is 1. The predicted molar refractivity (Wildman–Crippen MR) is 105 cm³/mol. The number of hydrogen-bond acceptors (Lipinski definition) is 4. The number of urea groups is 1. The molecule has 2 aromatic rings. The van der Waals surface area contributed by atoms with Crippen molar-refractivity contribution in [2.45, 2.75) is 51.7 Å². The average molecular weight is 376 g/mol. The van der Waals surface area contributed by atoms with Gasteiger partial charge in [-0.3, -0.25) is 0 Å². The first-order chi connectivity index (χ1) is 12.6. The molecule has 142 valence electrons. The van der Waals surface area contributed by atoms with Gasteiger partial charge in [-0.05, 0) is 56.7 Å². The summed E-state index contributed by atoms with van der Waals surface area (Å²) in [7, 11) is 0. The normalized spacial score (nSPS) is 16.1. The zero-order chi connectivity index (χ0) is 18.4. The summed E-state index contributed by atoms with van der Waals surface area (Å²) in [6.45, 7) is 7.71. The van der Waals surface area contributed by atoms with Crippen molar-refractivity contribution in [3.63, 3.8) is 0 Å². The second-order valence-electron chi connectivity index (χ2n) is 7.21. The topological polar surface area (TPSA) is 48.7 Å². The van der Waals surface area contributed by atoms with Crippen molar-refractivity contribution < 1.29 is 9.21 Å². The lowest BCUT2D eigenvalue weighted by atomic mass is 10.0. The van der Waals surface area contributed by atoms with Gasteiger partial charge in [0.05, 0.1) is 12.8 Å². The molecule has 0 aliphatic carbocycles. The van der Waals surface area contributed by atoms with E-state index in [9.17, 15) is 4.79 Å². The molecule has 1 N–H and O–H groups in total. The molecule has 0 radical (unpaired) electrons. The molecule has 5 nitrogen and oxygen atoms in total. The summed E-state index contributed by atoms with van der Waals surface area (Å²) in [5.41, 5.74) is 0. The van der Waals surface area contributed by atoms with Crippen LogP contribution in [0.4, 0.5) is 4.79 Å². The smallest absolute Gasteiger partial charge is 0.318 e. The van der Waals surface area contributed by atoms with E-state index in [0.29, 0.717) is 6.54 Å². The fourth-order valence-corrected chi connectivity index (χ4v) is 4.14. The number of likely N-dealkylation sites (tertiary alicyclic amines) is 1. The van der Waals surface area contributed by atoms with Crippen LogP contribution in [0.25, 0.3) is 0 Å². The molecule has 3 heterocycles. The second kappa shape index (κ2) is 9.24. The van der Waals surface area contributed by atoms with Gasteiger partial charge in [0.2, 0.25) is 0 Å². The van der Waals surface area contributed by atoms with Crippen LogP contribution in [0.5, 0.6) is 0 Å². The van der Waals surface area contributed by atoms with Crippen molar-refractivity contribution in [3.05, 3.63) is 46.5 Å². The molecular formula is C20H29N3O2S. The van der Waals surface area contributed by atoms with Crippen LogP contribution in [0.3, 0.4) is 0 Å². The molecule has 0 aromatic carbocycles. The molecular weight excluding hydrogens is 346 g/mol. The summed E-state index contributed by atoms with van der Waals surface area (Å²) < 4.78 is 5.48. The molecule has 1 saturated heterocycles. The van der Waals surface area contributed by atoms with E-state index in [-0.39, 0.29) is 18.1 Å². The summed E-state index contributed by atoms with van der Waals surface area (Å²) in [6.07, 6.45) is 4.81. The molecule has 0 atom stereocenters. The van der Waals surface area contributed by atoms with Crippen molar-refractivity contribution in [2.24, 2.45) is 0 Å². The van der Waals surface area contributed by atoms with Crippen molar-refractivity contribution >= 4 is 17.4 Å². The fourth-order valence-electron chi connectivity index (χ4n) is 3.44. The summed E-state index contributed by atoms with van der Waals surface area (Å²) in [4.78, 5) is 18.6. The minimum atomic E-state index is 0.00781. The number of carbonyl (C=O) groups excluding carboxylic acids is 1. The Morgan fingerprint density at radius 2 is 2.15 bits per heavy atom. The van der Waals surface area contributed by atoms with E-state index in [1.165, 1.54) is 4.88 Å². The number of amides is 2. The first-order valence-electron chi connectivity index (χ1n) is 9.46. The number of thiophene rings is 1. The second-order valence-corrected chi connectivity index (χ2v) is 8.25. The van der Waals surface area contributed by atoms with Crippen LogP contribution < -0.4 is 5.32 Å². The first kappa shape index (κ1) is 19.0. The largest absolute Gasteiger partial charge is 0.467 e. The number of nitrogens with zero attached hydrogens (tertiary/aromatic N) is 2. The predicted octanol–water partition coefficient (Wildman–Crippen LogP) is 3.97. The van der Waals surface area contributed by atoms with Crippen LogP contribution in [0, 0.1) is 0 Å². The highest BCUT2D eigenvalue weighted by molar-refractivity contribution is 7.09. The highest BCUT2D eigenvalue weighted by Crippen LogP contribution is 2.20. The van der Waals surface area contributed by atoms with Gasteiger partial charge in [-0.2, -0.15) is 0 Å². The van der Waals surface area contributed by atoms with Gasteiger partial charge in [0.25, 0.3) is 0 Å². The van der Waals surface area contributed by atoms with Gasteiger partial charge < -0.3 is 19.5 Å². The van der Waals surface area contributed by atoms with E-state index >= 15 is 0 Å². The van der Waals surface area contributed by atoms with Crippen molar-refractivity contribution in [1.82, 2.24) is 15.1 Å². The van der Waals surface area contributed by atoms with E-state index in [0.717, 1.165) is 44.7 Å². The Labute approximate surface area is 160 Å². The van der Waals surface area contributed by atoms with Crippen LogP contribution in [0.2, 0.25) is 0 Å². The Morgan fingerprint density at radius 3 is 2.77 bits per heavy atom. The fraction of sp³-hybridized carbons (Fsp3) is 0.550. The first-order valence-corrected chi connectivity index (χ1v) is 10.3. The maximum absolute atomic E-state index is 12.7. The third kappa shape index (κ3) is 5.35. The third-order valence-corrected chi connectivity index (χ3v) is 5.77. The molecule has 1 aliphatic rings. The summed E-state index contributed by atoms with van der Waals surface area (Å²) in [6, 6.07) is 8.54. The maximum Gasteiger partial charge on any atom is 0.318 e. The zero-order valence-electron chi connectivity index (χ0n) is 15.7. The third-order valence-electron chi connectivity index (χ3n) is 4.83. The van der Waals surface area contributed by atoms with Gasteiger partial charge in [-0.25, -0.2) is 4.79 Å². The van der Waals surface area contributed by atoms with Crippen LogP contribution in [0.15, 0.2) is 40.3 Å². The maximum atomic E-state index is 12.7. The average Bonchev–Trinajstić information content (AvgIpc) is 3.31. The molecule has 0 unspecified atom stereocenters. The van der Waals surface area contributed by atoms with Crippen LogP contribution >= 0.6 is 11.3 Å². The lowest BCUT2D eigenvalue weighted by molar-refractivity contribution is 0.111. The highest BCUT2D eigenvalue weighted by Gasteiger charge is 2.28. The summed E-state index contributed by atoms with van der Waals surface area (Å²) in [5.74, 6) is 0.837. The Hall–Kier alpha value is -1.79. The zero-order valence-corrected chi connectivity index (χ0v) is 16.5. The number of piperidine rings is 1. The molecule has 3 rings (SSSR count). The highest BCUT2D eigenvalue weighted by atomic mass is 32.1. The lowest BCUT2D eigenvalue weighted by Gasteiger charge is -2.38. The van der Waals surface area contributed by atoms with Gasteiger partial charge >= 0.3 is 6.03 Å². The minimum absolute atomic E-state index is 0.00781. The van der Waals surface area contributed by atoms with E-state index < -0.39 is 0 Å². The summed E-state index contributed by atoms with van der Waals surface area (Å²) in [5, 5.41) is 5.18. The molecule has 1 aliphatic heterocycles. The van der Waals surface area contributed by atoms with Crippen LogP contribution in [-0.4, -0.2) is 47.5 Å². The van der Waals surface area contributed by atoms with Crippen LogP contribution in [0.1, 0.15) is 37.3 Å². The lowest BCUT2D eigenvalue weighted by Crippen LogP contribution is -2.51. The SMILES string of the molecule is CC(C)NC(=O)N(Cc1ccco1)C1CCN(CCc2cccs2)CC1. The van der Waals surface area contributed by atoms with E-state index in [2.05, 4.69) is 27.7 Å². The summed E-state index contributed by atoms with van der Waals surface area (Å²) >= 11 is 1.83. The van der Waals surface area contributed by atoms with Gasteiger partial charge in [0.1, 0.15) is 5.76 Å². The molecule has 2 aromatic heterocycles. The van der Waals surface area contributed by atoms with E-state index in [1.807, 2.05) is 42.2 Å². The van der Waals surface area contributed by atoms with Gasteiger partial charge in [0.15, 0.2) is 0 Å². The van der Waals surface area contributed by atoms with Gasteiger partial charge in [-0.1, -0.05) is 6.07 Å². The molecule has 0 bridgehead atoms. The molecule has 0 saturated carbocycles. The van der Waals surface area contributed by atoms with Gasteiger partial charge in [-0.15, -0.1) is 11.3 Å². The Bertz CT molecular complexity index is 647. The van der Waals surface area contributed by atoms with Crippen molar-refractivity contribution in [2.75, 3.05) is 19.6 Å². The van der Waals surface area contributed by atoms with Crippen molar-refractivity contribution in [3.8, 4) is 0 Å². The van der Waals surface area contributed by atoms with Gasteiger partial charge in [0, 0.05) is 36.6 Å². The van der Waals surface area contributed by atoms with Crippen LogP contribution in [-0.2, 0) is 13.0 Å². The number of nitrogens with one attached hydrogen (secondary N) is 1.